The Morgan fingerprint density at radius 2 is 2.21 bits per heavy atom. The van der Waals surface area contributed by atoms with Gasteiger partial charge in [0.2, 0.25) is 0 Å². The van der Waals surface area contributed by atoms with E-state index in [2.05, 4.69) is 35.2 Å². The van der Waals surface area contributed by atoms with Gasteiger partial charge in [-0.3, -0.25) is 0 Å². The molecule has 0 saturated carbocycles. The number of oxazole rings is 1. The van der Waals surface area contributed by atoms with Gasteiger partial charge in [-0.2, -0.15) is 0 Å². The topological polar surface area (TPSA) is 53.9 Å². The monoisotopic (exact) mass is 255 g/mol. The lowest BCUT2D eigenvalue weighted by Gasteiger charge is -2.03. The van der Waals surface area contributed by atoms with E-state index >= 15 is 0 Å². The Morgan fingerprint density at radius 1 is 1.32 bits per heavy atom. The maximum absolute atomic E-state index is 5.69. The molecule has 0 saturated heterocycles. The molecule has 0 unspecified atom stereocenters. The SMILES string of the molecule is CC(C)c1nc2cc(NCc3cc[nH]c3)ccc2o1. The molecule has 3 rings (SSSR count). The third-order valence-corrected chi connectivity index (χ3v) is 3.06. The summed E-state index contributed by atoms with van der Waals surface area (Å²) in [6.45, 7) is 4.95. The molecule has 0 spiro atoms. The highest BCUT2D eigenvalue weighted by molar-refractivity contribution is 5.77. The summed E-state index contributed by atoms with van der Waals surface area (Å²) in [7, 11) is 0. The molecular formula is C15H17N3O. The molecule has 0 aliphatic heterocycles. The first kappa shape index (κ1) is 11.8. The van der Waals surface area contributed by atoms with Crippen LogP contribution in [-0.2, 0) is 6.54 Å². The molecule has 0 fully saturated rings. The zero-order chi connectivity index (χ0) is 13.2. The number of hydrogen-bond donors (Lipinski definition) is 2. The van der Waals surface area contributed by atoms with Gasteiger partial charge in [0.15, 0.2) is 11.5 Å². The number of fused-ring (bicyclic) bond motifs is 1. The predicted octanol–water partition coefficient (Wildman–Crippen LogP) is 3.89. The van der Waals surface area contributed by atoms with E-state index in [-0.39, 0.29) is 0 Å². The lowest BCUT2D eigenvalue weighted by molar-refractivity contribution is 0.501. The summed E-state index contributed by atoms with van der Waals surface area (Å²) in [6, 6.07) is 8.06. The fourth-order valence-electron chi connectivity index (χ4n) is 1.97. The molecule has 0 amide bonds. The molecule has 0 radical (unpaired) electrons. The van der Waals surface area contributed by atoms with E-state index in [9.17, 15) is 0 Å². The average Bonchev–Trinajstić information content (AvgIpc) is 3.04. The van der Waals surface area contributed by atoms with Crippen LogP contribution in [0.3, 0.4) is 0 Å². The van der Waals surface area contributed by atoms with E-state index in [0.717, 1.165) is 29.2 Å². The minimum absolute atomic E-state index is 0.309. The van der Waals surface area contributed by atoms with E-state index in [0.29, 0.717) is 5.92 Å². The van der Waals surface area contributed by atoms with Gasteiger partial charge in [0.1, 0.15) is 5.52 Å². The minimum atomic E-state index is 0.309. The Kier molecular flexibility index (Phi) is 2.99. The van der Waals surface area contributed by atoms with Crippen LogP contribution in [0.25, 0.3) is 11.1 Å². The highest BCUT2D eigenvalue weighted by atomic mass is 16.3. The second-order valence-electron chi connectivity index (χ2n) is 4.96. The van der Waals surface area contributed by atoms with E-state index in [1.165, 1.54) is 5.56 Å². The molecule has 4 heteroatoms. The molecule has 98 valence electrons. The van der Waals surface area contributed by atoms with Crippen LogP contribution < -0.4 is 5.32 Å². The third-order valence-electron chi connectivity index (χ3n) is 3.06. The number of rotatable bonds is 4. The number of aromatic amines is 1. The smallest absolute Gasteiger partial charge is 0.198 e. The molecule has 19 heavy (non-hydrogen) atoms. The van der Waals surface area contributed by atoms with Gasteiger partial charge in [-0.1, -0.05) is 13.8 Å². The Labute approximate surface area is 111 Å². The molecule has 2 heterocycles. The van der Waals surface area contributed by atoms with Crippen LogP contribution in [0.15, 0.2) is 41.1 Å². The van der Waals surface area contributed by atoms with Crippen molar-refractivity contribution in [2.45, 2.75) is 26.3 Å². The van der Waals surface area contributed by atoms with Crippen molar-refractivity contribution in [1.29, 1.82) is 0 Å². The van der Waals surface area contributed by atoms with Gasteiger partial charge in [-0.25, -0.2) is 4.98 Å². The van der Waals surface area contributed by atoms with Crippen molar-refractivity contribution in [2.24, 2.45) is 0 Å². The Morgan fingerprint density at radius 3 is 2.95 bits per heavy atom. The number of nitrogens with one attached hydrogen (secondary N) is 2. The lowest BCUT2D eigenvalue weighted by atomic mass is 10.2. The first-order valence-corrected chi connectivity index (χ1v) is 6.48. The van der Waals surface area contributed by atoms with Crippen LogP contribution in [-0.4, -0.2) is 9.97 Å². The molecular weight excluding hydrogens is 238 g/mol. The standard InChI is InChI=1S/C15H17N3O/c1-10(2)15-18-13-7-12(3-4-14(13)19-15)17-9-11-5-6-16-8-11/h3-8,10,16-17H,9H2,1-2H3. The van der Waals surface area contributed by atoms with Gasteiger partial charge in [0, 0.05) is 30.5 Å². The summed E-state index contributed by atoms with van der Waals surface area (Å²) >= 11 is 0. The summed E-state index contributed by atoms with van der Waals surface area (Å²) in [5, 5.41) is 3.38. The average molecular weight is 255 g/mol. The van der Waals surface area contributed by atoms with Crippen molar-refractivity contribution in [3.63, 3.8) is 0 Å². The zero-order valence-electron chi connectivity index (χ0n) is 11.1. The molecule has 0 bridgehead atoms. The van der Waals surface area contributed by atoms with Crippen molar-refractivity contribution < 1.29 is 4.42 Å². The third kappa shape index (κ3) is 2.47. The highest BCUT2D eigenvalue weighted by Crippen LogP contribution is 2.23. The Balaban J connectivity index is 1.80. The largest absolute Gasteiger partial charge is 0.440 e. The summed E-state index contributed by atoms with van der Waals surface area (Å²) in [6.07, 6.45) is 3.91. The van der Waals surface area contributed by atoms with E-state index in [1.807, 2.05) is 30.6 Å². The van der Waals surface area contributed by atoms with Crippen LogP contribution in [0.4, 0.5) is 5.69 Å². The maximum Gasteiger partial charge on any atom is 0.198 e. The quantitative estimate of drug-likeness (QED) is 0.743. The number of hydrogen-bond acceptors (Lipinski definition) is 3. The molecule has 0 aliphatic rings. The fourth-order valence-corrected chi connectivity index (χ4v) is 1.97. The highest BCUT2D eigenvalue weighted by Gasteiger charge is 2.09. The van der Waals surface area contributed by atoms with Crippen molar-refractivity contribution in [3.05, 3.63) is 48.1 Å². The summed E-state index contributed by atoms with van der Waals surface area (Å²) < 4.78 is 5.69. The molecule has 0 atom stereocenters. The molecule has 2 N–H and O–H groups in total. The number of nitrogens with zero attached hydrogens (tertiary/aromatic N) is 1. The molecule has 4 nitrogen and oxygen atoms in total. The van der Waals surface area contributed by atoms with Gasteiger partial charge in [-0.05, 0) is 29.8 Å². The van der Waals surface area contributed by atoms with Gasteiger partial charge < -0.3 is 14.7 Å². The predicted molar refractivity (Wildman–Crippen MR) is 76.2 cm³/mol. The number of H-pyrrole nitrogens is 1. The normalized spacial score (nSPS) is 11.3. The van der Waals surface area contributed by atoms with E-state index in [4.69, 9.17) is 4.42 Å². The van der Waals surface area contributed by atoms with Crippen LogP contribution in [0.2, 0.25) is 0 Å². The second kappa shape index (κ2) is 4.80. The van der Waals surface area contributed by atoms with Crippen molar-refractivity contribution in [2.75, 3.05) is 5.32 Å². The number of aromatic nitrogens is 2. The maximum atomic E-state index is 5.69. The first-order chi connectivity index (χ1) is 9.22. The van der Waals surface area contributed by atoms with Crippen LogP contribution in [0.5, 0.6) is 0 Å². The molecule has 3 aromatic rings. The van der Waals surface area contributed by atoms with Gasteiger partial charge in [-0.15, -0.1) is 0 Å². The number of anilines is 1. The van der Waals surface area contributed by atoms with Gasteiger partial charge in [0.25, 0.3) is 0 Å². The van der Waals surface area contributed by atoms with Crippen molar-refractivity contribution in [3.8, 4) is 0 Å². The summed E-state index contributed by atoms with van der Waals surface area (Å²) in [4.78, 5) is 7.55. The van der Waals surface area contributed by atoms with E-state index in [1.54, 1.807) is 0 Å². The van der Waals surface area contributed by atoms with Gasteiger partial charge in [0.05, 0.1) is 0 Å². The minimum Gasteiger partial charge on any atom is -0.440 e. The van der Waals surface area contributed by atoms with Crippen LogP contribution >= 0.6 is 0 Å². The summed E-state index contributed by atoms with van der Waals surface area (Å²) in [5.41, 5.74) is 4.03. The van der Waals surface area contributed by atoms with E-state index < -0.39 is 0 Å². The Bertz CT molecular complexity index is 668. The summed E-state index contributed by atoms with van der Waals surface area (Å²) in [5.74, 6) is 1.10. The van der Waals surface area contributed by atoms with Crippen molar-refractivity contribution >= 4 is 16.8 Å². The fraction of sp³-hybridized carbons (Fsp3) is 0.267. The lowest BCUT2D eigenvalue weighted by Crippen LogP contribution is -1.97. The zero-order valence-corrected chi connectivity index (χ0v) is 11.1. The first-order valence-electron chi connectivity index (χ1n) is 6.48. The molecule has 0 aliphatic carbocycles. The molecule has 1 aromatic carbocycles. The molecule has 2 aromatic heterocycles. The Hall–Kier alpha value is -2.23. The number of benzene rings is 1. The van der Waals surface area contributed by atoms with Crippen LogP contribution in [0.1, 0.15) is 31.2 Å². The van der Waals surface area contributed by atoms with Crippen molar-refractivity contribution in [1.82, 2.24) is 9.97 Å². The van der Waals surface area contributed by atoms with Gasteiger partial charge >= 0.3 is 0 Å². The second-order valence-corrected chi connectivity index (χ2v) is 4.96. The van der Waals surface area contributed by atoms with Crippen LogP contribution in [0, 0.1) is 0 Å².